The number of hydrogen-bond donors (Lipinski definition) is 1. The average molecular weight is 393 g/mol. The van der Waals surface area contributed by atoms with Gasteiger partial charge in [-0.15, -0.1) is 0 Å². The third kappa shape index (κ3) is 6.63. The van der Waals surface area contributed by atoms with Crippen LogP contribution in [-0.4, -0.2) is 17.5 Å². The topological polar surface area (TPSA) is 46.5 Å². The zero-order valence-corrected chi connectivity index (χ0v) is 18.1. The molecule has 0 saturated heterocycles. The van der Waals surface area contributed by atoms with E-state index in [1.165, 1.54) is 11.1 Å². The first-order chi connectivity index (χ1) is 13.7. The average Bonchev–Trinajstić information content (AvgIpc) is 2.65. The smallest absolute Gasteiger partial charge is 0.143 e. The normalized spacial score (nSPS) is 20.5. The summed E-state index contributed by atoms with van der Waals surface area (Å²) < 4.78 is 6.20. The Labute approximate surface area is 174 Å². The molecule has 0 fully saturated rings. The molecule has 0 heterocycles. The molecule has 1 aliphatic carbocycles. The van der Waals surface area contributed by atoms with Gasteiger partial charge >= 0.3 is 0 Å². The molecule has 1 aromatic rings. The molecule has 1 aliphatic rings. The molecule has 0 bridgehead atoms. The fraction of sp³-hybridized carbons (Fsp3) is 0.346. The van der Waals surface area contributed by atoms with E-state index in [0.717, 1.165) is 36.0 Å². The second-order valence-electron chi connectivity index (χ2n) is 8.27. The fourth-order valence-electron chi connectivity index (χ4n) is 3.53. The molecular weight excluding hydrogens is 360 g/mol. The molecule has 1 N–H and O–H groups in total. The highest BCUT2D eigenvalue weighted by atomic mass is 16.5. The van der Waals surface area contributed by atoms with Gasteiger partial charge in [-0.1, -0.05) is 49.8 Å². The van der Waals surface area contributed by atoms with Crippen LogP contribution in [0.1, 0.15) is 47.5 Å². The Morgan fingerprint density at radius 3 is 2.41 bits per heavy atom. The van der Waals surface area contributed by atoms with E-state index in [2.05, 4.69) is 39.8 Å². The minimum atomic E-state index is 0.0347. The fourth-order valence-corrected chi connectivity index (χ4v) is 3.53. The van der Waals surface area contributed by atoms with Crippen molar-refractivity contribution in [1.29, 1.82) is 0 Å². The van der Waals surface area contributed by atoms with Gasteiger partial charge in [0.25, 0.3) is 0 Å². The van der Waals surface area contributed by atoms with Gasteiger partial charge in [0, 0.05) is 0 Å². The van der Waals surface area contributed by atoms with Crippen LogP contribution in [0.15, 0.2) is 83.0 Å². The summed E-state index contributed by atoms with van der Waals surface area (Å²) in [6.45, 7) is 10.7. The van der Waals surface area contributed by atoms with Crippen molar-refractivity contribution in [2.45, 2.75) is 53.6 Å². The van der Waals surface area contributed by atoms with Crippen molar-refractivity contribution in [3.8, 4) is 11.5 Å². The van der Waals surface area contributed by atoms with Crippen LogP contribution >= 0.6 is 0 Å². The lowest BCUT2D eigenvalue weighted by atomic mass is 9.71. The Bertz CT molecular complexity index is 862. The summed E-state index contributed by atoms with van der Waals surface area (Å²) in [7, 11) is 0. The molecule has 0 aromatic heterocycles. The quantitative estimate of drug-likeness (QED) is 0.328. The monoisotopic (exact) mass is 392 g/mol. The van der Waals surface area contributed by atoms with Crippen molar-refractivity contribution in [2.75, 3.05) is 0 Å². The van der Waals surface area contributed by atoms with E-state index < -0.39 is 0 Å². The van der Waals surface area contributed by atoms with Crippen LogP contribution in [0.4, 0.5) is 0 Å². The second-order valence-corrected chi connectivity index (χ2v) is 8.27. The molecule has 2 rings (SSSR count). The van der Waals surface area contributed by atoms with Crippen molar-refractivity contribution in [1.82, 2.24) is 0 Å². The summed E-state index contributed by atoms with van der Waals surface area (Å²) in [5.74, 6) is 1.02. The summed E-state index contributed by atoms with van der Waals surface area (Å²) in [5, 5.41) is 9.46. The third-order valence-electron chi connectivity index (χ3n) is 5.35. The van der Waals surface area contributed by atoms with Crippen LogP contribution in [-0.2, 0) is 4.79 Å². The van der Waals surface area contributed by atoms with Crippen LogP contribution in [0.2, 0.25) is 0 Å². The number of carbonyl (C=O) groups excluding carboxylic acids is 1. The highest BCUT2D eigenvalue weighted by Gasteiger charge is 2.32. The minimum absolute atomic E-state index is 0.0347. The van der Waals surface area contributed by atoms with Crippen molar-refractivity contribution < 1.29 is 14.6 Å². The number of phenols is 1. The zero-order chi connectivity index (χ0) is 21.4. The van der Waals surface area contributed by atoms with Crippen LogP contribution < -0.4 is 4.74 Å². The lowest BCUT2D eigenvalue weighted by molar-refractivity contribution is -0.104. The van der Waals surface area contributed by atoms with E-state index in [9.17, 15) is 9.90 Å². The van der Waals surface area contributed by atoms with Gasteiger partial charge < -0.3 is 9.84 Å². The zero-order valence-electron chi connectivity index (χ0n) is 18.1. The van der Waals surface area contributed by atoms with Gasteiger partial charge in [0.1, 0.15) is 23.9 Å². The van der Waals surface area contributed by atoms with Gasteiger partial charge in [0.05, 0.1) is 0 Å². The molecule has 29 heavy (non-hydrogen) atoms. The van der Waals surface area contributed by atoms with E-state index in [1.807, 2.05) is 25.2 Å². The maximum Gasteiger partial charge on any atom is 0.143 e. The Morgan fingerprint density at radius 2 is 1.76 bits per heavy atom. The maximum atomic E-state index is 10.5. The molecule has 0 radical (unpaired) electrons. The number of ether oxygens (including phenoxy) is 1. The number of phenolic OH excluding ortho intramolecular Hbond substituents is 1. The summed E-state index contributed by atoms with van der Waals surface area (Å²) in [6.07, 6.45) is 14.6. The summed E-state index contributed by atoms with van der Waals surface area (Å²) in [6, 6.07) is 6.90. The van der Waals surface area contributed by atoms with Crippen LogP contribution in [0.3, 0.4) is 0 Å². The molecule has 1 aromatic carbocycles. The SMILES string of the molecule is CC(C=CC=C(C)C=CC1=C(C)C(Oc2ccc(O)cc2)CCC1(C)C)=CC=O. The summed E-state index contributed by atoms with van der Waals surface area (Å²) in [4.78, 5) is 10.5. The molecule has 0 spiro atoms. The number of carbonyl (C=O) groups is 1. The molecule has 0 saturated carbocycles. The summed E-state index contributed by atoms with van der Waals surface area (Å²) in [5.41, 5.74) is 4.71. The lowest BCUT2D eigenvalue weighted by Gasteiger charge is -2.37. The number of rotatable bonds is 7. The molecular formula is C26H32O3. The van der Waals surface area contributed by atoms with Gasteiger partial charge in [0.15, 0.2) is 0 Å². The second kappa shape index (κ2) is 10.1. The molecule has 3 nitrogen and oxygen atoms in total. The number of hydrogen-bond acceptors (Lipinski definition) is 3. The lowest BCUT2D eigenvalue weighted by Crippen LogP contribution is -2.30. The van der Waals surface area contributed by atoms with E-state index in [-0.39, 0.29) is 17.3 Å². The predicted octanol–water partition coefficient (Wildman–Crippen LogP) is 6.48. The standard InChI is InChI=1S/C26H32O3/c1-19(7-6-8-20(2)16-18-27)9-14-24-21(3)25(15-17-26(24,4)5)29-23-12-10-22(28)11-13-23/h6-14,16,18,25,28H,15,17H2,1-5H3. The Morgan fingerprint density at radius 1 is 1.10 bits per heavy atom. The molecule has 0 amide bonds. The highest BCUT2D eigenvalue weighted by Crippen LogP contribution is 2.42. The Kier molecular flexibility index (Phi) is 7.83. The van der Waals surface area contributed by atoms with E-state index in [4.69, 9.17) is 4.74 Å². The maximum absolute atomic E-state index is 10.5. The van der Waals surface area contributed by atoms with E-state index >= 15 is 0 Å². The first-order valence-electron chi connectivity index (χ1n) is 10.0. The van der Waals surface area contributed by atoms with E-state index in [1.54, 1.807) is 30.3 Å². The van der Waals surface area contributed by atoms with Crippen LogP contribution in [0, 0.1) is 5.41 Å². The Hall–Kier alpha value is -2.81. The van der Waals surface area contributed by atoms with Gasteiger partial charge in [0.2, 0.25) is 0 Å². The van der Waals surface area contributed by atoms with Gasteiger partial charge in [-0.05, 0) is 86.1 Å². The number of allylic oxidation sites excluding steroid dienone is 9. The van der Waals surface area contributed by atoms with Crippen molar-refractivity contribution >= 4 is 6.29 Å². The van der Waals surface area contributed by atoms with Crippen molar-refractivity contribution in [3.05, 3.63) is 83.0 Å². The first-order valence-corrected chi connectivity index (χ1v) is 10.0. The largest absolute Gasteiger partial charge is 0.508 e. The predicted molar refractivity (Wildman–Crippen MR) is 120 cm³/mol. The van der Waals surface area contributed by atoms with Gasteiger partial charge in [-0.25, -0.2) is 0 Å². The third-order valence-corrected chi connectivity index (χ3v) is 5.35. The number of aromatic hydroxyl groups is 1. The van der Waals surface area contributed by atoms with E-state index in [0.29, 0.717) is 0 Å². The van der Waals surface area contributed by atoms with Crippen LogP contribution in [0.25, 0.3) is 0 Å². The van der Waals surface area contributed by atoms with Crippen LogP contribution in [0.5, 0.6) is 11.5 Å². The summed E-state index contributed by atoms with van der Waals surface area (Å²) >= 11 is 0. The molecule has 1 unspecified atom stereocenters. The van der Waals surface area contributed by atoms with Gasteiger partial charge in [-0.3, -0.25) is 4.79 Å². The van der Waals surface area contributed by atoms with Gasteiger partial charge in [-0.2, -0.15) is 0 Å². The first kappa shape index (κ1) is 22.5. The van der Waals surface area contributed by atoms with Crippen molar-refractivity contribution in [2.24, 2.45) is 5.41 Å². The minimum Gasteiger partial charge on any atom is -0.508 e. The molecule has 3 heteroatoms. The number of benzene rings is 1. The molecule has 1 atom stereocenters. The Balaban J connectivity index is 2.19. The number of aldehydes is 1. The highest BCUT2D eigenvalue weighted by molar-refractivity contribution is 5.66. The van der Waals surface area contributed by atoms with Crippen molar-refractivity contribution in [3.63, 3.8) is 0 Å². The molecule has 154 valence electrons. The molecule has 0 aliphatic heterocycles.